The molecule has 0 bridgehead atoms. The summed E-state index contributed by atoms with van der Waals surface area (Å²) in [6.45, 7) is 4.18. The largest absolute Gasteiger partial charge is 0.281 e. The molecule has 0 aromatic carbocycles. The van der Waals surface area contributed by atoms with Gasteiger partial charge in [-0.2, -0.15) is 0 Å². The van der Waals surface area contributed by atoms with E-state index in [4.69, 9.17) is 23.2 Å². The van der Waals surface area contributed by atoms with Crippen molar-refractivity contribution in [1.82, 2.24) is 0 Å². The standard InChI is InChI=1S/C11H20Cl2O/c1-3-6-11(7-4-2,10(13)14)8-5-9-12/h3-9H2,1-2H3. The average molecular weight is 239 g/mol. The first-order valence-corrected chi connectivity index (χ1v) is 6.30. The molecule has 0 N–H and O–H groups in total. The number of carbonyl (C=O) groups excluding carboxylic acids is 1. The number of carbonyl (C=O) groups is 1. The van der Waals surface area contributed by atoms with Crippen molar-refractivity contribution in [3.63, 3.8) is 0 Å². The molecule has 0 aliphatic heterocycles. The molecule has 0 aliphatic rings. The van der Waals surface area contributed by atoms with Gasteiger partial charge in [-0.25, -0.2) is 0 Å². The highest BCUT2D eigenvalue weighted by atomic mass is 35.5. The van der Waals surface area contributed by atoms with E-state index < -0.39 is 0 Å². The van der Waals surface area contributed by atoms with Gasteiger partial charge in [-0.1, -0.05) is 26.7 Å². The van der Waals surface area contributed by atoms with Crippen LogP contribution in [0.2, 0.25) is 0 Å². The minimum atomic E-state index is -0.306. The Morgan fingerprint density at radius 2 is 1.64 bits per heavy atom. The van der Waals surface area contributed by atoms with Crippen LogP contribution in [0.25, 0.3) is 0 Å². The monoisotopic (exact) mass is 238 g/mol. The Hall–Kier alpha value is 0.250. The molecule has 0 atom stereocenters. The van der Waals surface area contributed by atoms with Gasteiger partial charge in [0.25, 0.3) is 0 Å². The molecule has 0 amide bonds. The normalized spacial score (nSPS) is 11.7. The first-order valence-electron chi connectivity index (χ1n) is 5.39. The van der Waals surface area contributed by atoms with E-state index in [1.807, 2.05) is 0 Å². The first-order chi connectivity index (χ1) is 6.63. The second kappa shape index (κ2) is 7.53. The molecule has 0 radical (unpaired) electrons. The van der Waals surface area contributed by atoms with E-state index in [-0.39, 0.29) is 10.7 Å². The van der Waals surface area contributed by atoms with Crippen LogP contribution >= 0.6 is 23.2 Å². The van der Waals surface area contributed by atoms with Crippen LogP contribution in [-0.4, -0.2) is 11.1 Å². The summed E-state index contributed by atoms with van der Waals surface area (Å²) < 4.78 is 0. The van der Waals surface area contributed by atoms with Gasteiger partial charge < -0.3 is 0 Å². The van der Waals surface area contributed by atoms with Gasteiger partial charge in [0.2, 0.25) is 5.24 Å². The van der Waals surface area contributed by atoms with Crippen LogP contribution in [0, 0.1) is 5.41 Å². The zero-order chi connectivity index (χ0) is 11.0. The van der Waals surface area contributed by atoms with Crippen molar-refractivity contribution in [3.8, 4) is 0 Å². The van der Waals surface area contributed by atoms with E-state index in [0.29, 0.717) is 5.88 Å². The van der Waals surface area contributed by atoms with E-state index in [2.05, 4.69) is 13.8 Å². The minimum Gasteiger partial charge on any atom is -0.281 e. The maximum atomic E-state index is 11.5. The lowest BCUT2D eigenvalue weighted by molar-refractivity contribution is -0.121. The molecule has 0 aromatic rings. The van der Waals surface area contributed by atoms with E-state index in [9.17, 15) is 4.79 Å². The molecule has 0 spiro atoms. The fourth-order valence-corrected chi connectivity index (χ4v) is 2.45. The van der Waals surface area contributed by atoms with Crippen molar-refractivity contribution >= 4 is 28.4 Å². The Kier molecular flexibility index (Phi) is 7.66. The number of hydrogen-bond donors (Lipinski definition) is 0. The molecule has 0 fully saturated rings. The first kappa shape index (κ1) is 14.2. The SMILES string of the molecule is CCCC(CCC)(CCCCl)C(=O)Cl. The molecule has 0 saturated heterocycles. The lowest BCUT2D eigenvalue weighted by Crippen LogP contribution is -2.27. The van der Waals surface area contributed by atoms with Gasteiger partial charge >= 0.3 is 0 Å². The molecular formula is C11H20Cl2O. The van der Waals surface area contributed by atoms with Crippen molar-refractivity contribution in [2.75, 3.05) is 5.88 Å². The van der Waals surface area contributed by atoms with E-state index in [0.717, 1.165) is 38.5 Å². The van der Waals surface area contributed by atoms with Gasteiger partial charge in [0.05, 0.1) is 0 Å². The lowest BCUT2D eigenvalue weighted by atomic mass is 9.77. The van der Waals surface area contributed by atoms with Crippen molar-refractivity contribution in [1.29, 1.82) is 0 Å². The average Bonchev–Trinajstić information content (AvgIpc) is 2.14. The summed E-state index contributed by atoms with van der Waals surface area (Å²) in [7, 11) is 0. The molecule has 3 heteroatoms. The van der Waals surface area contributed by atoms with Crippen molar-refractivity contribution in [2.24, 2.45) is 5.41 Å². The van der Waals surface area contributed by atoms with Crippen LogP contribution in [0.3, 0.4) is 0 Å². The Bertz CT molecular complexity index is 163. The highest BCUT2D eigenvalue weighted by molar-refractivity contribution is 6.64. The molecule has 0 saturated carbocycles. The zero-order valence-corrected chi connectivity index (χ0v) is 10.6. The maximum Gasteiger partial charge on any atom is 0.227 e. The Labute approximate surface area is 97.2 Å². The quantitative estimate of drug-likeness (QED) is 0.454. The second-order valence-corrected chi connectivity index (χ2v) is 4.57. The Morgan fingerprint density at radius 3 is 1.93 bits per heavy atom. The highest BCUT2D eigenvalue weighted by Gasteiger charge is 2.34. The highest BCUT2D eigenvalue weighted by Crippen LogP contribution is 2.37. The van der Waals surface area contributed by atoms with Crippen molar-refractivity contribution < 1.29 is 4.79 Å². The van der Waals surface area contributed by atoms with Gasteiger partial charge in [0, 0.05) is 11.3 Å². The predicted molar refractivity (Wildman–Crippen MR) is 63.1 cm³/mol. The number of halogens is 2. The van der Waals surface area contributed by atoms with Crippen LogP contribution in [-0.2, 0) is 4.79 Å². The van der Waals surface area contributed by atoms with E-state index >= 15 is 0 Å². The number of alkyl halides is 1. The van der Waals surface area contributed by atoms with Gasteiger partial charge in [-0.15, -0.1) is 11.6 Å². The number of rotatable bonds is 8. The second-order valence-electron chi connectivity index (χ2n) is 3.85. The zero-order valence-electron chi connectivity index (χ0n) is 9.11. The molecule has 0 rings (SSSR count). The van der Waals surface area contributed by atoms with Gasteiger partial charge in [-0.05, 0) is 37.3 Å². The fraction of sp³-hybridized carbons (Fsp3) is 0.909. The molecule has 0 unspecified atom stereocenters. The Balaban J connectivity index is 4.46. The summed E-state index contributed by atoms with van der Waals surface area (Å²) >= 11 is 11.4. The number of hydrogen-bond acceptors (Lipinski definition) is 1. The molecule has 0 aliphatic carbocycles. The minimum absolute atomic E-state index is 0.175. The molecule has 84 valence electrons. The summed E-state index contributed by atoms with van der Waals surface area (Å²) in [6.07, 6.45) is 5.49. The summed E-state index contributed by atoms with van der Waals surface area (Å²) in [5.41, 5.74) is -0.306. The lowest BCUT2D eigenvalue weighted by Gasteiger charge is -2.29. The van der Waals surface area contributed by atoms with E-state index in [1.165, 1.54) is 0 Å². The topological polar surface area (TPSA) is 17.1 Å². The van der Waals surface area contributed by atoms with Gasteiger partial charge in [0.15, 0.2) is 0 Å². The van der Waals surface area contributed by atoms with Gasteiger partial charge in [-0.3, -0.25) is 4.79 Å². The summed E-state index contributed by atoms with van der Waals surface area (Å²) in [4.78, 5) is 11.5. The van der Waals surface area contributed by atoms with Crippen molar-refractivity contribution in [3.05, 3.63) is 0 Å². The van der Waals surface area contributed by atoms with E-state index in [1.54, 1.807) is 0 Å². The molecule has 1 nitrogen and oxygen atoms in total. The summed E-state index contributed by atoms with van der Waals surface area (Å²) in [6, 6.07) is 0. The smallest absolute Gasteiger partial charge is 0.227 e. The predicted octanol–water partition coefficient (Wildman–Crippen LogP) is 4.36. The van der Waals surface area contributed by atoms with Crippen LogP contribution in [0.4, 0.5) is 0 Å². The third kappa shape index (κ3) is 4.18. The van der Waals surface area contributed by atoms with Crippen LogP contribution in [0.15, 0.2) is 0 Å². The third-order valence-electron chi connectivity index (χ3n) is 2.66. The van der Waals surface area contributed by atoms with Crippen LogP contribution in [0.5, 0.6) is 0 Å². The third-order valence-corrected chi connectivity index (χ3v) is 3.33. The maximum absolute atomic E-state index is 11.5. The fourth-order valence-electron chi connectivity index (χ4n) is 2.03. The molecule has 14 heavy (non-hydrogen) atoms. The summed E-state index contributed by atoms with van der Waals surface area (Å²) in [5, 5.41) is -0.175. The molecular weight excluding hydrogens is 219 g/mol. The summed E-state index contributed by atoms with van der Waals surface area (Å²) in [5.74, 6) is 0.610. The van der Waals surface area contributed by atoms with Crippen LogP contribution in [0.1, 0.15) is 52.4 Å². The van der Waals surface area contributed by atoms with Crippen LogP contribution < -0.4 is 0 Å². The Morgan fingerprint density at radius 1 is 1.14 bits per heavy atom. The van der Waals surface area contributed by atoms with Gasteiger partial charge in [0.1, 0.15) is 0 Å². The molecule has 0 heterocycles. The molecule has 0 aromatic heterocycles. The van der Waals surface area contributed by atoms with Crippen molar-refractivity contribution in [2.45, 2.75) is 52.4 Å².